The molecule has 8 heteroatoms. The third-order valence-corrected chi connectivity index (χ3v) is 5.84. The van der Waals surface area contributed by atoms with Crippen LogP contribution in [0.5, 0.6) is 11.5 Å². The zero-order valence-corrected chi connectivity index (χ0v) is 16.6. The summed E-state index contributed by atoms with van der Waals surface area (Å²) in [5.41, 5.74) is 0. The van der Waals surface area contributed by atoms with E-state index in [0.717, 1.165) is 31.7 Å². The normalized spacial score (nSPS) is 18.7. The van der Waals surface area contributed by atoms with Gasteiger partial charge in [0.2, 0.25) is 5.91 Å². The third kappa shape index (κ3) is 4.01. The number of hydrogen-bond donors (Lipinski definition) is 0. The predicted octanol–water partition coefficient (Wildman–Crippen LogP) is 3.08. The van der Waals surface area contributed by atoms with Gasteiger partial charge in [-0.1, -0.05) is 30.0 Å². The Bertz CT molecular complexity index is 848. The number of piperidine rings is 1. The van der Waals surface area contributed by atoms with Crippen LogP contribution in [-0.2, 0) is 11.3 Å². The van der Waals surface area contributed by atoms with Gasteiger partial charge in [0.25, 0.3) is 0 Å². The van der Waals surface area contributed by atoms with E-state index in [2.05, 4.69) is 16.8 Å². The summed E-state index contributed by atoms with van der Waals surface area (Å²) < 4.78 is 13.8. The Morgan fingerprint density at radius 3 is 2.79 bits per heavy atom. The Balaban J connectivity index is 1.47. The van der Waals surface area contributed by atoms with E-state index in [1.165, 1.54) is 18.2 Å². The van der Waals surface area contributed by atoms with Crippen LogP contribution >= 0.6 is 11.8 Å². The molecule has 1 saturated heterocycles. The molecule has 0 radical (unpaired) electrons. The van der Waals surface area contributed by atoms with Gasteiger partial charge in [0.15, 0.2) is 28.6 Å². The van der Waals surface area contributed by atoms with Crippen molar-refractivity contribution in [2.24, 2.45) is 0 Å². The van der Waals surface area contributed by atoms with Gasteiger partial charge in [0.05, 0.1) is 5.75 Å². The first-order valence-corrected chi connectivity index (χ1v) is 10.6. The highest BCUT2D eigenvalue weighted by molar-refractivity contribution is 7.99. The molecule has 4 rings (SSSR count). The smallest absolute Gasteiger partial charge is 0.233 e. The average molecular weight is 401 g/mol. The van der Waals surface area contributed by atoms with E-state index in [-0.39, 0.29) is 12.0 Å². The number of nitrogens with zero attached hydrogens (tertiary/aromatic N) is 4. The molecule has 0 saturated carbocycles. The van der Waals surface area contributed by atoms with Crippen molar-refractivity contribution in [3.05, 3.63) is 42.7 Å². The fourth-order valence-electron chi connectivity index (χ4n) is 3.45. The van der Waals surface area contributed by atoms with E-state index in [1.807, 2.05) is 33.7 Å². The maximum atomic E-state index is 12.5. The highest BCUT2D eigenvalue weighted by atomic mass is 32.2. The number of likely N-dealkylation sites (tertiary alicyclic amines) is 1. The van der Waals surface area contributed by atoms with Crippen molar-refractivity contribution < 1.29 is 14.3 Å². The lowest BCUT2D eigenvalue weighted by atomic mass is 10.1. The summed E-state index contributed by atoms with van der Waals surface area (Å²) in [5.74, 6) is 2.63. The summed E-state index contributed by atoms with van der Waals surface area (Å²) in [6, 6.07) is 7.58. The minimum atomic E-state index is -0.352. The van der Waals surface area contributed by atoms with Crippen LogP contribution in [0.25, 0.3) is 0 Å². The molecule has 3 heterocycles. The molecule has 1 fully saturated rings. The van der Waals surface area contributed by atoms with Crippen molar-refractivity contribution in [1.29, 1.82) is 0 Å². The SMILES string of the molecule is C=CCn1c(SCC(=O)N2CCCCC2)nnc1C1COc2ccccc2O1. The second-order valence-corrected chi connectivity index (χ2v) is 7.78. The van der Waals surface area contributed by atoms with Crippen LogP contribution in [0.3, 0.4) is 0 Å². The zero-order valence-electron chi connectivity index (χ0n) is 15.7. The molecule has 1 aromatic carbocycles. The van der Waals surface area contributed by atoms with Crippen LogP contribution in [0.1, 0.15) is 31.2 Å². The lowest BCUT2D eigenvalue weighted by molar-refractivity contribution is -0.129. The maximum absolute atomic E-state index is 12.5. The molecule has 1 aromatic heterocycles. The summed E-state index contributed by atoms with van der Waals surface area (Å²) in [6.45, 7) is 6.46. The highest BCUT2D eigenvalue weighted by Gasteiger charge is 2.28. The minimum absolute atomic E-state index is 0.158. The van der Waals surface area contributed by atoms with Gasteiger partial charge < -0.3 is 14.4 Å². The lowest BCUT2D eigenvalue weighted by Gasteiger charge is -2.27. The number of fused-ring (bicyclic) bond motifs is 1. The third-order valence-electron chi connectivity index (χ3n) is 4.89. The van der Waals surface area contributed by atoms with Crippen LogP contribution in [0.2, 0.25) is 0 Å². The number of carbonyl (C=O) groups excluding carboxylic acids is 1. The molecule has 0 aliphatic carbocycles. The van der Waals surface area contributed by atoms with Crippen LogP contribution in [0.4, 0.5) is 0 Å². The molecule has 2 aliphatic rings. The molecule has 1 unspecified atom stereocenters. The van der Waals surface area contributed by atoms with Crippen LogP contribution < -0.4 is 9.47 Å². The van der Waals surface area contributed by atoms with Crippen LogP contribution in [0.15, 0.2) is 42.1 Å². The Labute approximate surface area is 168 Å². The Kier molecular flexibility index (Phi) is 5.85. The molecule has 1 amide bonds. The monoisotopic (exact) mass is 400 g/mol. The van der Waals surface area contributed by atoms with Crippen molar-refractivity contribution >= 4 is 17.7 Å². The summed E-state index contributed by atoms with van der Waals surface area (Å²) in [7, 11) is 0. The zero-order chi connectivity index (χ0) is 19.3. The van der Waals surface area contributed by atoms with Gasteiger partial charge in [-0.3, -0.25) is 9.36 Å². The van der Waals surface area contributed by atoms with E-state index in [9.17, 15) is 4.79 Å². The van der Waals surface area contributed by atoms with Crippen LogP contribution in [0, 0.1) is 0 Å². The molecule has 2 aliphatic heterocycles. The molecule has 1 atom stereocenters. The largest absolute Gasteiger partial charge is 0.485 e. The molecule has 0 bridgehead atoms. The first-order chi connectivity index (χ1) is 13.8. The van der Waals surface area contributed by atoms with Crippen molar-refractivity contribution in [1.82, 2.24) is 19.7 Å². The fraction of sp³-hybridized carbons (Fsp3) is 0.450. The summed E-state index contributed by atoms with van der Waals surface area (Å²) in [5, 5.41) is 9.34. The molecular formula is C20H24N4O3S. The quantitative estimate of drug-likeness (QED) is 0.548. The van der Waals surface area contributed by atoms with Gasteiger partial charge >= 0.3 is 0 Å². The molecule has 0 spiro atoms. The standard InChI is InChI=1S/C20H24N4O3S/c1-2-10-24-19(17-13-26-15-8-4-5-9-16(15)27-17)21-22-20(24)28-14-18(25)23-11-6-3-7-12-23/h2,4-5,8-9,17H,1,3,6-7,10-14H2. The fourth-order valence-corrected chi connectivity index (χ4v) is 4.31. The summed E-state index contributed by atoms with van der Waals surface area (Å²) >= 11 is 1.41. The number of rotatable bonds is 6. The number of hydrogen-bond acceptors (Lipinski definition) is 6. The summed E-state index contributed by atoms with van der Waals surface area (Å²) in [4.78, 5) is 14.4. The van der Waals surface area contributed by atoms with Gasteiger partial charge in [0, 0.05) is 19.6 Å². The van der Waals surface area contributed by atoms with Gasteiger partial charge in [-0.2, -0.15) is 0 Å². The second-order valence-electron chi connectivity index (χ2n) is 6.83. The highest BCUT2D eigenvalue weighted by Crippen LogP contribution is 2.36. The van der Waals surface area contributed by atoms with Crippen molar-refractivity contribution in [3.8, 4) is 11.5 Å². The molecular weight excluding hydrogens is 376 g/mol. The summed E-state index contributed by atoms with van der Waals surface area (Å²) in [6.07, 6.45) is 4.83. The van der Waals surface area contributed by atoms with Gasteiger partial charge in [-0.05, 0) is 31.4 Å². The number of ether oxygens (including phenoxy) is 2. The number of para-hydroxylation sites is 2. The number of aromatic nitrogens is 3. The van der Waals surface area contributed by atoms with Crippen molar-refractivity contribution in [3.63, 3.8) is 0 Å². The molecule has 2 aromatic rings. The number of carbonyl (C=O) groups is 1. The second kappa shape index (κ2) is 8.68. The number of amides is 1. The van der Waals surface area contributed by atoms with E-state index >= 15 is 0 Å². The van der Waals surface area contributed by atoms with Crippen molar-refractivity contribution in [2.45, 2.75) is 37.1 Å². The Hall–Kier alpha value is -2.48. The first-order valence-electron chi connectivity index (χ1n) is 9.59. The van der Waals surface area contributed by atoms with Crippen molar-refractivity contribution in [2.75, 3.05) is 25.4 Å². The van der Waals surface area contributed by atoms with E-state index in [1.54, 1.807) is 6.08 Å². The number of benzene rings is 1. The average Bonchev–Trinajstić information content (AvgIpc) is 3.15. The number of allylic oxidation sites excluding steroid dienone is 1. The number of thioether (sulfide) groups is 1. The minimum Gasteiger partial charge on any atom is -0.485 e. The van der Waals surface area contributed by atoms with E-state index in [0.29, 0.717) is 35.6 Å². The molecule has 28 heavy (non-hydrogen) atoms. The lowest BCUT2D eigenvalue weighted by Crippen LogP contribution is -2.36. The van der Waals surface area contributed by atoms with E-state index in [4.69, 9.17) is 9.47 Å². The Morgan fingerprint density at radius 2 is 2.00 bits per heavy atom. The molecule has 148 valence electrons. The predicted molar refractivity (Wildman–Crippen MR) is 107 cm³/mol. The molecule has 0 N–H and O–H groups in total. The van der Waals surface area contributed by atoms with Crippen LogP contribution in [-0.4, -0.2) is 51.0 Å². The maximum Gasteiger partial charge on any atom is 0.233 e. The van der Waals surface area contributed by atoms with Gasteiger partial charge in [0.1, 0.15) is 6.61 Å². The van der Waals surface area contributed by atoms with Gasteiger partial charge in [-0.15, -0.1) is 16.8 Å². The Morgan fingerprint density at radius 1 is 1.21 bits per heavy atom. The first kappa shape index (κ1) is 18.9. The van der Waals surface area contributed by atoms with E-state index < -0.39 is 0 Å². The topological polar surface area (TPSA) is 69.5 Å². The molecule has 7 nitrogen and oxygen atoms in total. The van der Waals surface area contributed by atoms with Gasteiger partial charge in [-0.25, -0.2) is 0 Å².